The van der Waals surface area contributed by atoms with Gasteiger partial charge in [-0.2, -0.15) is 10.4 Å². The van der Waals surface area contributed by atoms with E-state index in [1.165, 1.54) is 6.33 Å². The number of nitriles is 1. The van der Waals surface area contributed by atoms with Crippen LogP contribution in [0, 0.1) is 11.3 Å². The van der Waals surface area contributed by atoms with Crippen LogP contribution < -0.4 is 4.74 Å². The number of hydrogen-bond donors (Lipinski definition) is 0. The first-order chi connectivity index (χ1) is 8.83. The van der Waals surface area contributed by atoms with Crippen molar-refractivity contribution in [3.8, 4) is 11.8 Å². The van der Waals surface area contributed by atoms with Crippen LogP contribution in [0.4, 0.5) is 0 Å². The minimum atomic E-state index is 0.356. The molecule has 0 aliphatic rings. The van der Waals surface area contributed by atoms with Crippen LogP contribution in [-0.2, 0) is 13.2 Å². The van der Waals surface area contributed by atoms with Crippen molar-refractivity contribution in [3.05, 3.63) is 42.0 Å². The van der Waals surface area contributed by atoms with Gasteiger partial charge in [0.25, 0.3) is 0 Å². The van der Waals surface area contributed by atoms with Crippen LogP contribution in [0.5, 0.6) is 5.75 Å². The maximum absolute atomic E-state index is 8.80. The molecule has 0 saturated heterocycles. The zero-order valence-corrected chi connectivity index (χ0v) is 10.2. The summed E-state index contributed by atoms with van der Waals surface area (Å²) in [4.78, 5) is 4.15. The van der Waals surface area contributed by atoms with Crippen molar-refractivity contribution >= 4 is 0 Å². The summed E-state index contributed by atoms with van der Waals surface area (Å²) in [5.74, 6) is 1.46. The van der Waals surface area contributed by atoms with E-state index in [-0.39, 0.29) is 0 Å². The third kappa shape index (κ3) is 2.86. The van der Waals surface area contributed by atoms with Crippen LogP contribution in [0.1, 0.15) is 24.7 Å². The van der Waals surface area contributed by atoms with Crippen molar-refractivity contribution in [1.82, 2.24) is 14.8 Å². The zero-order chi connectivity index (χ0) is 12.8. The third-order valence-electron chi connectivity index (χ3n) is 2.46. The normalized spacial score (nSPS) is 10.0. The topological polar surface area (TPSA) is 63.7 Å². The molecule has 0 saturated carbocycles. The molecule has 0 amide bonds. The van der Waals surface area contributed by atoms with Crippen molar-refractivity contribution in [2.24, 2.45) is 0 Å². The molecule has 1 aromatic heterocycles. The summed E-state index contributed by atoms with van der Waals surface area (Å²) in [6.45, 7) is 3.27. The second kappa shape index (κ2) is 5.82. The molecule has 1 aromatic carbocycles. The first-order valence-electron chi connectivity index (χ1n) is 5.83. The van der Waals surface area contributed by atoms with E-state index in [1.807, 2.05) is 10.7 Å². The van der Waals surface area contributed by atoms with Crippen LogP contribution in [0.3, 0.4) is 0 Å². The van der Waals surface area contributed by atoms with Gasteiger partial charge in [0.15, 0.2) is 5.82 Å². The van der Waals surface area contributed by atoms with E-state index in [4.69, 9.17) is 10.00 Å². The molecule has 0 spiro atoms. The van der Waals surface area contributed by atoms with E-state index in [0.29, 0.717) is 17.9 Å². The molecular weight excluding hydrogens is 228 g/mol. The Morgan fingerprint density at radius 2 is 2.33 bits per heavy atom. The molecule has 0 bridgehead atoms. The van der Waals surface area contributed by atoms with Crippen molar-refractivity contribution in [3.63, 3.8) is 0 Å². The molecule has 1 heterocycles. The van der Waals surface area contributed by atoms with Gasteiger partial charge in [-0.25, -0.2) is 9.67 Å². The Bertz CT molecular complexity index is 556. The smallest absolute Gasteiger partial charge is 0.164 e. The largest absolute Gasteiger partial charge is 0.486 e. The Labute approximate surface area is 106 Å². The number of rotatable bonds is 5. The maximum Gasteiger partial charge on any atom is 0.164 e. The summed E-state index contributed by atoms with van der Waals surface area (Å²) in [7, 11) is 0. The van der Waals surface area contributed by atoms with E-state index in [0.717, 1.165) is 18.8 Å². The minimum Gasteiger partial charge on any atom is -0.486 e. The van der Waals surface area contributed by atoms with Gasteiger partial charge in [0.1, 0.15) is 18.7 Å². The fourth-order valence-corrected chi connectivity index (χ4v) is 1.60. The SMILES string of the molecule is CCCn1ncnc1COc1cccc(C#N)c1. The standard InChI is InChI=1S/C13H14N4O/c1-2-6-17-13(15-10-16-17)9-18-12-5-3-4-11(7-12)8-14/h3-5,7,10H,2,6,9H2,1H3. The Hall–Kier alpha value is -2.35. The van der Waals surface area contributed by atoms with Gasteiger partial charge in [0.2, 0.25) is 0 Å². The summed E-state index contributed by atoms with van der Waals surface area (Å²) in [5, 5.41) is 12.9. The molecule has 0 unspecified atom stereocenters. The molecule has 2 aromatic rings. The number of aromatic nitrogens is 3. The number of nitrogens with zero attached hydrogens (tertiary/aromatic N) is 4. The van der Waals surface area contributed by atoms with E-state index in [9.17, 15) is 0 Å². The van der Waals surface area contributed by atoms with Gasteiger partial charge in [0, 0.05) is 6.54 Å². The predicted octanol–water partition coefficient (Wildman–Crippen LogP) is 2.14. The van der Waals surface area contributed by atoms with Crippen LogP contribution in [0.2, 0.25) is 0 Å². The lowest BCUT2D eigenvalue weighted by molar-refractivity contribution is 0.286. The molecule has 0 aliphatic carbocycles. The molecule has 18 heavy (non-hydrogen) atoms. The fourth-order valence-electron chi connectivity index (χ4n) is 1.60. The van der Waals surface area contributed by atoms with Crippen molar-refractivity contribution in [2.75, 3.05) is 0 Å². The summed E-state index contributed by atoms with van der Waals surface area (Å²) >= 11 is 0. The van der Waals surface area contributed by atoms with Crippen molar-refractivity contribution < 1.29 is 4.74 Å². The highest BCUT2D eigenvalue weighted by molar-refractivity contribution is 5.36. The lowest BCUT2D eigenvalue weighted by Gasteiger charge is -2.07. The monoisotopic (exact) mass is 242 g/mol. The van der Waals surface area contributed by atoms with Crippen LogP contribution in [0.15, 0.2) is 30.6 Å². The number of benzene rings is 1. The van der Waals surface area contributed by atoms with Gasteiger partial charge in [-0.05, 0) is 24.6 Å². The first kappa shape index (κ1) is 12.1. The molecule has 0 N–H and O–H groups in total. The predicted molar refractivity (Wildman–Crippen MR) is 65.8 cm³/mol. The fraction of sp³-hybridized carbons (Fsp3) is 0.308. The minimum absolute atomic E-state index is 0.356. The maximum atomic E-state index is 8.80. The van der Waals surface area contributed by atoms with Gasteiger partial charge >= 0.3 is 0 Å². The summed E-state index contributed by atoms with van der Waals surface area (Å²) in [5.41, 5.74) is 0.586. The average molecular weight is 242 g/mol. The molecule has 0 aliphatic heterocycles. The number of hydrogen-bond acceptors (Lipinski definition) is 4. The first-order valence-corrected chi connectivity index (χ1v) is 5.83. The second-order valence-electron chi connectivity index (χ2n) is 3.83. The van der Waals surface area contributed by atoms with E-state index in [2.05, 4.69) is 23.1 Å². The van der Waals surface area contributed by atoms with Gasteiger partial charge in [-0.1, -0.05) is 13.0 Å². The Morgan fingerprint density at radius 1 is 1.44 bits per heavy atom. The highest BCUT2D eigenvalue weighted by atomic mass is 16.5. The molecule has 5 nitrogen and oxygen atoms in total. The van der Waals surface area contributed by atoms with Crippen molar-refractivity contribution in [2.45, 2.75) is 26.5 Å². The summed E-state index contributed by atoms with van der Waals surface area (Å²) < 4.78 is 7.43. The molecule has 92 valence electrons. The Morgan fingerprint density at radius 3 is 3.11 bits per heavy atom. The molecular formula is C13H14N4O. The summed E-state index contributed by atoms with van der Waals surface area (Å²) in [6.07, 6.45) is 2.53. The zero-order valence-electron chi connectivity index (χ0n) is 10.2. The van der Waals surface area contributed by atoms with Gasteiger partial charge in [-0.3, -0.25) is 0 Å². The van der Waals surface area contributed by atoms with Gasteiger partial charge in [0.05, 0.1) is 11.6 Å². The van der Waals surface area contributed by atoms with Gasteiger partial charge in [-0.15, -0.1) is 0 Å². The lowest BCUT2D eigenvalue weighted by Crippen LogP contribution is -2.08. The second-order valence-corrected chi connectivity index (χ2v) is 3.83. The van der Waals surface area contributed by atoms with Crippen LogP contribution in [0.25, 0.3) is 0 Å². The molecule has 0 atom stereocenters. The molecule has 0 fully saturated rings. The van der Waals surface area contributed by atoms with E-state index < -0.39 is 0 Å². The Kier molecular flexibility index (Phi) is 3.92. The van der Waals surface area contributed by atoms with E-state index in [1.54, 1.807) is 18.2 Å². The number of ether oxygens (including phenoxy) is 1. The summed E-state index contributed by atoms with van der Waals surface area (Å²) in [6, 6.07) is 9.15. The number of aryl methyl sites for hydroxylation is 1. The van der Waals surface area contributed by atoms with Crippen LogP contribution in [-0.4, -0.2) is 14.8 Å². The lowest BCUT2D eigenvalue weighted by atomic mass is 10.2. The third-order valence-corrected chi connectivity index (χ3v) is 2.46. The van der Waals surface area contributed by atoms with E-state index >= 15 is 0 Å². The molecule has 2 rings (SSSR count). The van der Waals surface area contributed by atoms with Crippen molar-refractivity contribution in [1.29, 1.82) is 5.26 Å². The highest BCUT2D eigenvalue weighted by Crippen LogP contribution is 2.14. The quantitative estimate of drug-likeness (QED) is 0.805. The molecule has 0 radical (unpaired) electrons. The average Bonchev–Trinajstić information content (AvgIpc) is 2.85. The van der Waals surface area contributed by atoms with Crippen LogP contribution >= 0.6 is 0 Å². The molecule has 5 heteroatoms. The highest BCUT2D eigenvalue weighted by Gasteiger charge is 2.04. The Balaban J connectivity index is 2.02. The van der Waals surface area contributed by atoms with Gasteiger partial charge < -0.3 is 4.74 Å².